The molecule has 23 heavy (non-hydrogen) atoms. The lowest BCUT2D eigenvalue weighted by molar-refractivity contribution is -0.122. The van der Waals surface area contributed by atoms with Crippen LogP contribution in [0.1, 0.15) is 50.2 Å². The molecule has 128 valence electrons. The molecule has 1 aromatic rings. The molecule has 8 heteroatoms. The van der Waals surface area contributed by atoms with E-state index in [1.54, 1.807) is 0 Å². The van der Waals surface area contributed by atoms with E-state index in [0.29, 0.717) is 31.7 Å². The van der Waals surface area contributed by atoms with Gasteiger partial charge in [-0.15, -0.1) is 0 Å². The van der Waals surface area contributed by atoms with Gasteiger partial charge in [-0.25, -0.2) is 0 Å². The van der Waals surface area contributed by atoms with Crippen molar-refractivity contribution in [1.82, 2.24) is 14.3 Å². The van der Waals surface area contributed by atoms with Gasteiger partial charge in [-0.05, 0) is 31.4 Å². The highest BCUT2D eigenvalue weighted by Gasteiger charge is 2.38. The number of hydrogen-bond donors (Lipinski definition) is 2. The summed E-state index contributed by atoms with van der Waals surface area (Å²) in [6.07, 6.45) is 3.26. The Bertz CT molecular complexity index is 660. The normalized spacial score (nSPS) is 26.4. The molecule has 1 aromatic heterocycles. The number of hydrogen-bond acceptors (Lipinski definition) is 4. The van der Waals surface area contributed by atoms with Crippen molar-refractivity contribution in [1.29, 1.82) is 0 Å². The molecule has 0 spiro atoms. The summed E-state index contributed by atoms with van der Waals surface area (Å²) in [4.78, 5) is 11.2. The van der Waals surface area contributed by atoms with Gasteiger partial charge in [0, 0.05) is 32.0 Å². The van der Waals surface area contributed by atoms with Gasteiger partial charge >= 0.3 is 0 Å². The highest BCUT2D eigenvalue weighted by atomic mass is 32.2. The van der Waals surface area contributed by atoms with Crippen LogP contribution in [0.5, 0.6) is 0 Å². The number of carbonyl (C=O) groups excluding carboxylic acids is 1. The molecule has 3 rings (SSSR count). The maximum atomic E-state index is 12.7. The lowest BCUT2D eigenvalue weighted by atomic mass is 10.1. The number of rotatable bonds is 5. The summed E-state index contributed by atoms with van der Waals surface area (Å²) in [6.45, 7) is 2.84. The maximum absolute atomic E-state index is 12.7. The minimum atomic E-state index is -3.60. The Balaban J connectivity index is 1.71. The van der Waals surface area contributed by atoms with Crippen LogP contribution in [0.3, 0.4) is 0 Å². The second kappa shape index (κ2) is 6.62. The van der Waals surface area contributed by atoms with Crippen LogP contribution in [0.15, 0.2) is 16.5 Å². The van der Waals surface area contributed by atoms with Crippen molar-refractivity contribution in [2.75, 3.05) is 13.1 Å². The molecule has 2 aliphatic heterocycles. The molecule has 3 heterocycles. The third-order valence-corrected chi connectivity index (χ3v) is 6.14. The Morgan fingerprint density at radius 1 is 1.39 bits per heavy atom. The van der Waals surface area contributed by atoms with Crippen LogP contribution >= 0.6 is 0 Å². The maximum Gasteiger partial charge on any atom is 0.280 e. The van der Waals surface area contributed by atoms with Gasteiger partial charge in [0.15, 0.2) is 0 Å². The third kappa shape index (κ3) is 3.59. The van der Waals surface area contributed by atoms with Crippen molar-refractivity contribution in [3.8, 4) is 0 Å². The third-order valence-electron chi connectivity index (χ3n) is 4.45. The fourth-order valence-electron chi connectivity index (χ4n) is 3.19. The first-order valence-electron chi connectivity index (χ1n) is 8.14. The van der Waals surface area contributed by atoms with Gasteiger partial charge in [0.05, 0.1) is 6.04 Å². The number of amides is 1. The van der Waals surface area contributed by atoms with Crippen molar-refractivity contribution in [3.63, 3.8) is 0 Å². The van der Waals surface area contributed by atoms with Crippen molar-refractivity contribution in [2.45, 2.75) is 51.1 Å². The van der Waals surface area contributed by atoms with E-state index in [9.17, 15) is 13.2 Å². The number of carbonyl (C=O) groups is 1. The van der Waals surface area contributed by atoms with E-state index in [0.717, 1.165) is 25.0 Å². The van der Waals surface area contributed by atoms with E-state index >= 15 is 0 Å². The van der Waals surface area contributed by atoms with E-state index in [4.69, 9.17) is 4.42 Å². The summed E-state index contributed by atoms with van der Waals surface area (Å²) < 4.78 is 35.4. The summed E-state index contributed by atoms with van der Waals surface area (Å²) in [5, 5.41) is 2.70. The molecule has 2 fully saturated rings. The van der Waals surface area contributed by atoms with Gasteiger partial charge in [0.2, 0.25) is 5.91 Å². The highest BCUT2D eigenvalue weighted by Crippen LogP contribution is 2.35. The quantitative estimate of drug-likeness (QED) is 0.839. The number of piperidine rings is 1. The first-order valence-corrected chi connectivity index (χ1v) is 9.58. The number of furan rings is 1. The predicted molar refractivity (Wildman–Crippen MR) is 84.9 cm³/mol. The number of aryl methyl sites for hydroxylation is 1. The van der Waals surface area contributed by atoms with E-state index in [1.807, 2.05) is 19.1 Å². The zero-order valence-electron chi connectivity index (χ0n) is 13.2. The molecule has 1 amide bonds. The molecule has 2 atom stereocenters. The van der Waals surface area contributed by atoms with Crippen LogP contribution in [-0.2, 0) is 21.4 Å². The molecule has 0 radical (unpaired) electrons. The van der Waals surface area contributed by atoms with Crippen LogP contribution in [-0.4, -0.2) is 37.8 Å². The molecule has 2 N–H and O–H groups in total. The minimum absolute atomic E-state index is 0.0258. The molecule has 0 saturated carbocycles. The summed E-state index contributed by atoms with van der Waals surface area (Å²) >= 11 is 0. The fourth-order valence-corrected chi connectivity index (χ4v) is 4.86. The van der Waals surface area contributed by atoms with Gasteiger partial charge in [-0.2, -0.15) is 17.4 Å². The molecule has 2 aliphatic rings. The van der Waals surface area contributed by atoms with Crippen molar-refractivity contribution < 1.29 is 17.6 Å². The predicted octanol–water partition coefficient (Wildman–Crippen LogP) is 1.09. The Morgan fingerprint density at radius 2 is 2.22 bits per heavy atom. The Labute approximate surface area is 136 Å². The monoisotopic (exact) mass is 341 g/mol. The second-order valence-corrected chi connectivity index (χ2v) is 7.74. The van der Waals surface area contributed by atoms with E-state index in [2.05, 4.69) is 10.0 Å². The Kier molecular flexibility index (Phi) is 4.74. The van der Waals surface area contributed by atoms with Crippen LogP contribution in [0.25, 0.3) is 0 Å². The average molecular weight is 341 g/mol. The minimum Gasteiger partial charge on any atom is -0.464 e. The van der Waals surface area contributed by atoms with E-state index < -0.39 is 10.2 Å². The average Bonchev–Trinajstić information content (AvgIpc) is 3.17. The molecular weight excluding hydrogens is 318 g/mol. The molecule has 0 aromatic carbocycles. The van der Waals surface area contributed by atoms with Gasteiger partial charge in [-0.3, -0.25) is 4.79 Å². The number of nitrogens with one attached hydrogen (secondary N) is 2. The van der Waals surface area contributed by atoms with Crippen molar-refractivity contribution in [3.05, 3.63) is 23.7 Å². The highest BCUT2D eigenvalue weighted by molar-refractivity contribution is 7.87. The van der Waals surface area contributed by atoms with E-state index in [-0.39, 0.29) is 18.0 Å². The standard InChI is InChI=1S/C15H23N3O4S/c1-2-12-6-7-14(22-12)13-4-3-9-18(13)23(20,21)17-11-5-8-15(19)16-10-11/h6-7,11,13,17H,2-5,8-10H2,1H3,(H,16,19)/t11-,13+/m1/s1. The van der Waals surface area contributed by atoms with Crippen molar-refractivity contribution in [2.24, 2.45) is 0 Å². The van der Waals surface area contributed by atoms with Crippen LogP contribution in [0.4, 0.5) is 0 Å². The van der Waals surface area contributed by atoms with Crippen molar-refractivity contribution >= 4 is 16.1 Å². The smallest absolute Gasteiger partial charge is 0.280 e. The van der Waals surface area contributed by atoms with Gasteiger partial charge in [0.25, 0.3) is 10.2 Å². The second-order valence-electron chi connectivity index (χ2n) is 6.09. The first-order chi connectivity index (χ1) is 11.0. The van der Waals surface area contributed by atoms with Gasteiger partial charge < -0.3 is 9.73 Å². The summed E-state index contributed by atoms with van der Waals surface area (Å²) in [7, 11) is -3.60. The molecule has 7 nitrogen and oxygen atoms in total. The number of nitrogens with zero attached hydrogens (tertiary/aromatic N) is 1. The van der Waals surface area contributed by atoms with Crippen LogP contribution in [0, 0.1) is 0 Å². The van der Waals surface area contributed by atoms with E-state index in [1.165, 1.54) is 4.31 Å². The first kappa shape index (κ1) is 16.5. The summed E-state index contributed by atoms with van der Waals surface area (Å²) in [5.74, 6) is 1.55. The zero-order chi connectivity index (χ0) is 16.4. The SMILES string of the molecule is CCc1ccc([C@@H]2CCCN2S(=O)(=O)N[C@@H]2CCC(=O)NC2)o1. The summed E-state index contributed by atoms with van der Waals surface area (Å²) in [5.41, 5.74) is 0. The summed E-state index contributed by atoms with van der Waals surface area (Å²) in [6, 6.07) is 3.29. The topological polar surface area (TPSA) is 91.7 Å². The molecule has 2 saturated heterocycles. The van der Waals surface area contributed by atoms with Crippen LogP contribution < -0.4 is 10.0 Å². The lowest BCUT2D eigenvalue weighted by Gasteiger charge is -2.28. The Hall–Kier alpha value is -1.38. The molecule has 0 aliphatic carbocycles. The van der Waals surface area contributed by atoms with Gasteiger partial charge in [-0.1, -0.05) is 6.92 Å². The van der Waals surface area contributed by atoms with Gasteiger partial charge in [0.1, 0.15) is 11.5 Å². The van der Waals surface area contributed by atoms with Crippen LogP contribution in [0.2, 0.25) is 0 Å². The lowest BCUT2D eigenvalue weighted by Crippen LogP contribution is -2.51. The molecule has 0 bridgehead atoms. The molecular formula is C15H23N3O4S. The largest absolute Gasteiger partial charge is 0.464 e. The Morgan fingerprint density at radius 3 is 2.87 bits per heavy atom. The molecule has 0 unspecified atom stereocenters. The zero-order valence-corrected chi connectivity index (χ0v) is 14.1. The fraction of sp³-hybridized carbons (Fsp3) is 0.667.